The molecule has 3 aliphatic heterocycles. The van der Waals surface area contributed by atoms with Crippen molar-refractivity contribution in [2.45, 2.75) is 37.9 Å². The molecule has 3 fully saturated rings. The summed E-state index contributed by atoms with van der Waals surface area (Å²) >= 11 is 0. The highest BCUT2D eigenvalue weighted by Gasteiger charge is 2.49. The van der Waals surface area contributed by atoms with E-state index < -0.39 is 6.17 Å². The molecule has 160 valence electrons. The van der Waals surface area contributed by atoms with Crippen LogP contribution in [0.5, 0.6) is 6.01 Å². The first-order valence-electron chi connectivity index (χ1n) is 10.1. The smallest absolute Gasteiger partial charge is 0.321 e. The standard InChI is InChI=1S/C18H28FN7O3/c1-12-8-25(5-6-28-10-12)16-21-15(14(20)24-27)22-17(23-16)29-11-18-3-2-4-26(18)9-13(19)7-18/h12-13,27H,2-11H2,1H3,(H2,20,24)/t12?,13-,18+/m1/s1. The quantitative estimate of drug-likeness (QED) is 0.308. The first-order chi connectivity index (χ1) is 14.0. The van der Waals surface area contributed by atoms with E-state index >= 15 is 0 Å². The van der Waals surface area contributed by atoms with E-state index in [4.69, 9.17) is 20.4 Å². The molecule has 1 unspecified atom stereocenters. The van der Waals surface area contributed by atoms with Crippen LogP contribution < -0.4 is 15.4 Å². The molecule has 3 atom stereocenters. The lowest BCUT2D eigenvalue weighted by molar-refractivity contribution is 0.107. The maximum Gasteiger partial charge on any atom is 0.321 e. The third-order valence-electron chi connectivity index (χ3n) is 5.89. The summed E-state index contributed by atoms with van der Waals surface area (Å²) in [6.07, 6.45) is 1.54. The number of alkyl halides is 1. The minimum Gasteiger partial charge on any atom is -0.461 e. The average molecular weight is 409 g/mol. The number of halogens is 1. The second kappa shape index (κ2) is 8.23. The van der Waals surface area contributed by atoms with Gasteiger partial charge < -0.3 is 25.3 Å². The highest BCUT2D eigenvalue weighted by Crippen LogP contribution is 2.40. The van der Waals surface area contributed by atoms with E-state index in [9.17, 15) is 4.39 Å². The minimum atomic E-state index is -0.834. The summed E-state index contributed by atoms with van der Waals surface area (Å²) < 4.78 is 25.5. The van der Waals surface area contributed by atoms with Crippen LogP contribution >= 0.6 is 0 Å². The van der Waals surface area contributed by atoms with Crippen LogP contribution in [0, 0.1) is 5.92 Å². The van der Waals surface area contributed by atoms with Gasteiger partial charge >= 0.3 is 6.01 Å². The Morgan fingerprint density at radius 1 is 1.38 bits per heavy atom. The van der Waals surface area contributed by atoms with Gasteiger partial charge in [0.1, 0.15) is 12.8 Å². The van der Waals surface area contributed by atoms with Crippen molar-refractivity contribution in [2.75, 3.05) is 50.9 Å². The summed E-state index contributed by atoms with van der Waals surface area (Å²) in [5.41, 5.74) is 5.42. The van der Waals surface area contributed by atoms with Gasteiger partial charge in [-0.25, -0.2) is 4.39 Å². The fraction of sp³-hybridized carbons (Fsp3) is 0.778. The molecule has 0 saturated carbocycles. The molecule has 0 bridgehead atoms. The molecular formula is C18H28FN7O3. The van der Waals surface area contributed by atoms with E-state index in [0.29, 0.717) is 57.7 Å². The van der Waals surface area contributed by atoms with Crippen LogP contribution in [0.1, 0.15) is 32.0 Å². The van der Waals surface area contributed by atoms with Crippen molar-refractivity contribution in [3.8, 4) is 6.01 Å². The van der Waals surface area contributed by atoms with E-state index in [2.05, 4.69) is 31.9 Å². The monoisotopic (exact) mass is 409 g/mol. The molecule has 3 saturated heterocycles. The van der Waals surface area contributed by atoms with E-state index in [1.807, 2.05) is 4.90 Å². The first kappa shape index (κ1) is 20.0. The molecule has 3 aliphatic rings. The Kier molecular flexibility index (Phi) is 5.68. The highest BCUT2D eigenvalue weighted by atomic mass is 19.1. The van der Waals surface area contributed by atoms with E-state index in [0.717, 1.165) is 19.4 Å². The van der Waals surface area contributed by atoms with Crippen LogP contribution in [0.3, 0.4) is 0 Å². The number of nitrogens with zero attached hydrogens (tertiary/aromatic N) is 6. The lowest BCUT2D eigenvalue weighted by Gasteiger charge is -2.31. The molecule has 0 radical (unpaired) electrons. The zero-order chi connectivity index (χ0) is 20.4. The number of aromatic nitrogens is 3. The number of ether oxygens (including phenoxy) is 2. The van der Waals surface area contributed by atoms with Crippen LogP contribution in [-0.4, -0.2) is 88.6 Å². The van der Waals surface area contributed by atoms with Crippen molar-refractivity contribution in [3.63, 3.8) is 0 Å². The summed E-state index contributed by atoms with van der Waals surface area (Å²) in [5, 5.41) is 12.1. The SMILES string of the molecule is CC1COCCN(c2nc(OC[C@@]34CCCN3C[C@H](F)C4)nc(/C(N)=N/O)n2)C1. The molecule has 10 nitrogen and oxygen atoms in total. The molecule has 4 rings (SSSR count). The van der Waals surface area contributed by atoms with Crippen molar-refractivity contribution in [1.82, 2.24) is 19.9 Å². The Balaban J connectivity index is 1.57. The Morgan fingerprint density at radius 2 is 2.24 bits per heavy atom. The van der Waals surface area contributed by atoms with Gasteiger partial charge in [0.25, 0.3) is 0 Å². The number of rotatable bonds is 5. The van der Waals surface area contributed by atoms with Crippen molar-refractivity contribution in [3.05, 3.63) is 5.82 Å². The van der Waals surface area contributed by atoms with Gasteiger partial charge in [-0.15, -0.1) is 0 Å². The normalized spacial score (nSPS) is 31.0. The fourth-order valence-corrected chi connectivity index (χ4v) is 4.52. The van der Waals surface area contributed by atoms with Gasteiger partial charge in [0.15, 0.2) is 0 Å². The third kappa shape index (κ3) is 4.20. The van der Waals surface area contributed by atoms with Gasteiger partial charge in [0.05, 0.1) is 18.8 Å². The van der Waals surface area contributed by atoms with Crippen LogP contribution in [0.4, 0.5) is 10.3 Å². The van der Waals surface area contributed by atoms with Crippen LogP contribution in [0.2, 0.25) is 0 Å². The van der Waals surface area contributed by atoms with Gasteiger partial charge in [-0.05, 0) is 25.3 Å². The molecule has 0 aliphatic carbocycles. The summed E-state index contributed by atoms with van der Waals surface area (Å²) in [5.74, 6) is 0.519. The summed E-state index contributed by atoms with van der Waals surface area (Å²) in [6, 6.07) is 0.0953. The Hall–Kier alpha value is -2.27. The Bertz CT molecular complexity index is 767. The maximum absolute atomic E-state index is 14.0. The van der Waals surface area contributed by atoms with Gasteiger partial charge in [-0.2, -0.15) is 15.0 Å². The molecular weight excluding hydrogens is 381 g/mol. The molecule has 4 heterocycles. The third-order valence-corrected chi connectivity index (χ3v) is 5.89. The van der Waals surface area contributed by atoms with E-state index in [-0.39, 0.29) is 23.2 Å². The maximum atomic E-state index is 14.0. The predicted molar refractivity (Wildman–Crippen MR) is 103 cm³/mol. The average Bonchev–Trinajstić information content (AvgIpc) is 3.13. The number of amidine groups is 1. The molecule has 1 aromatic heterocycles. The number of nitrogens with two attached hydrogens (primary N) is 1. The van der Waals surface area contributed by atoms with Crippen LogP contribution in [-0.2, 0) is 4.74 Å². The second-order valence-electron chi connectivity index (χ2n) is 8.22. The summed E-state index contributed by atoms with van der Waals surface area (Å²) in [4.78, 5) is 17.2. The van der Waals surface area contributed by atoms with Crippen molar-refractivity contribution in [1.29, 1.82) is 0 Å². The minimum absolute atomic E-state index is 0.0425. The molecule has 0 spiro atoms. The molecule has 11 heteroatoms. The van der Waals surface area contributed by atoms with Gasteiger partial charge in [0, 0.05) is 26.1 Å². The van der Waals surface area contributed by atoms with Gasteiger partial charge in [0.2, 0.25) is 17.6 Å². The zero-order valence-electron chi connectivity index (χ0n) is 16.6. The summed E-state index contributed by atoms with van der Waals surface area (Å²) in [7, 11) is 0. The largest absolute Gasteiger partial charge is 0.461 e. The summed E-state index contributed by atoms with van der Waals surface area (Å²) in [6.45, 7) is 6.27. The Morgan fingerprint density at radius 3 is 3.07 bits per heavy atom. The lowest BCUT2D eigenvalue weighted by Crippen LogP contribution is -2.43. The number of anilines is 1. The molecule has 29 heavy (non-hydrogen) atoms. The van der Waals surface area contributed by atoms with Crippen LogP contribution in [0.25, 0.3) is 0 Å². The number of hydrogen-bond donors (Lipinski definition) is 2. The predicted octanol–water partition coefficient (Wildman–Crippen LogP) is 0.394. The molecule has 1 aromatic rings. The number of fused-ring (bicyclic) bond motifs is 1. The molecule has 0 aromatic carbocycles. The van der Waals surface area contributed by atoms with E-state index in [1.165, 1.54) is 0 Å². The highest BCUT2D eigenvalue weighted by molar-refractivity contribution is 5.93. The topological polar surface area (TPSA) is 122 Å². The number of hydrogen-bond acceptors (Lipinski definition) is 9. The van der Waals surface area contributed by atoms with Crippen molar-refractivity contribution in [2.24, 2.45) is 16.8 Å². The van der Waals surface area contributed by atoms with Crippen LogP contribution in [0.15, 0.2) is 5.16 Å². The van der Waals surface area contributed by atoms with Crippen molar-refractivity contribution >= 4 is 11.8 Å². The van der Waals surface area contributed by atoms with Crippen molar-refractivity contribution < 1.29 is 19.1 Å². The fourth-order valence-electron chi connectivity index (χ4n) is 4.52. The number of oxime groups is 1. The van der Waals surface area contributed by atoms with Gasteiger partial charge in [-0.3, -0.25) is 4.90 Å². The van der Waals surface area contributed by atoms with E-state index in [1.54, 1.807) is 0 Å². The zero-order valence-corrected chi connectivity index (χ0v) is 16.6. The second-order valence-corrected chi connectivity index (χ2v) is 8.22. The molecule has 0 amide bonds. The Labute approximate surface area is 168 Å². The van der Waals surface area contributed by atoms with Gasteiger partial charge in [-0.1, -0.05) is 12.1 Å². The first-order valence-corrected chi connectivity index (χ1v) is 10.1. The molecule has 3 N–H and O–H groups in total. The lowest BCUT2D eigenvalue weighted by atomic mass is 9.95.